The van der Waals surface area contributed by atoms with E-state index in [4.69, 9.17) is 5.11 Å². The molecule has 66 valence electrons. The highest BCUT2D eigenvalue weighted by Crippen LogP contribution is 2.32. The highest BCUT2D eigenvalue weighted by Gasteiger charge is 2.22. The molecule has 0 amide bonds. The molecule has 0 unspecified atom stereocenters. The van der Waals surface area contributed by atoms with Gasteiger partial charge in [0.2, 0.25) is 0 Å². The van der Waals surface area contributed by atoms with Crippen molar-refractivity contribution >= 4 is 0 Å². The third kappa shape index (κ3) is 2.48. The van der Waals surface area contributed by atoms with Crippen molar-refractivity contribution in [2.75, 3.05) is 6.61 Å². The lowest BCUT2D eigenvalue weighted by Crippen LogP contribution is -2.21. The van der Waals surface area contributed by atoms with Crippen LogP contribution in [-0.2, 0) is 0 Å². The van der Waals surface area contributed by atoms with Gasteiger partial charge in [-0.1, -0.05) is 26.7 Å². The first kappa shape index (κ1) is 9.05. The van der Waals surface area contributed by atoms with E-state index < -0.39 is 0 Å². The van der Waals surface area contributed by atoms with Gasteiger partial charge in [0.05, 0.1) is 0 Å². The molecule has 1 heteroatoms. The monoisotopic (exact) mass is 156 g/mol. The molecule has 0 saturated heterocycles. The lowest BCUT2D eigenvalue weighted by molar-refractivity contribution is 0.147. The fourth-order valence-electron chi connectivity index (χ4n) is 2.00. The lowest BCUT2D eigenvalue weighted by Gasteiger charge is -2.29. The Morgan fingerprint density at radius 1 is 1.27 bits per heavy atom. The summed E-state index contributed by atoms with van der Waals surface area (Å²) in [6.07, 6.45) is 5.41. The third-order valence-corrected chi connectivity index (χ3v) is 3.15. The first-order valence-electron chi connectivity index (χ1n) is 4.85. The van der Waals surface area contributed by atoms with Crippen molar-refractivity contribution in [3.63, 3.8) is 0 Å². The molecular weight excluding hydrogens is 136 g/mol. The van der Waals surface area contributed by atoms with Gasteiger partial charge in [-0.15, -0.1) is 0 Å². The van der Waals surface area contributed by atoms with Crippen LogP contribution in [0.2, 0.25) is 0 Å². The predicted octanol–water partition coefficient (Wildman–Crippen LogP) is 2.44. The first-order chi connectivity index (χ1) is 5.24. The van der Waals surface area contributed by atoms with Gasteiger partial charge < -0.3 is 5.11 Å². The molecule has 1 saturated carbocycles. The van der Waals surface area contributed by atoms with E-state index in [0.717, 1.165) is 11.8 Å². The predicted molar refractivity (Wildman–Crippen MR) is 47.4 cm³/mol. The van der Waals surface area contributed by atoms with Crippen molar-refractivity contribution in [1.29, 1.82) is 0 Å². The number of hydrogen-bond acceptors (Lipinski definition) is 1. The lowest BCUT2D eigenvalue weighted by atomic mass is 9.77. The molecule has 0 radical (unpaired) electrons. The van der Waals surface area contributed by atoms with Gasteiger partial charge in [-0.25, -0.2) is 0 Å². The Kier molecular flexibility index (Phi) is 3.38. The first-order valence-corrected chi connectivity index (χ1v) is 4.85. The van der Waals surface area contributed by atoms with E-state index in [-0.39, 0.29) is 0 Å². The van der Waals surface area contributed by atoms with E-state index in [0.29, 0.717) is 12.5 Å². The Bertz CT molecular complexity index is 103. The smallest absolute Gasteiger partial charge is 0.0459 e. The number of rotatable bonds is 2. The van der Waals surface area contributed by atoms with Gasteiger partial charge in [-0.2, -0.15) is 0 Å². The molecule has 1 aliphatic carbocycles. The zero-order valence-electron chi connectivity index (χ0n) is 7.71. The molecule has 0 spiro atoms. The second-order valence-electron chi connectivity index (χ2n) is 4.18. The van der Waals surface area contributed by atoms with Gasteiger partial charge in [0, 0.05) is 6.61 Å². The molecule has 1 rings (SSSR count). The van der Waals surface area contributed by atoms with Crippen molar-refractivity contribution in [3.05, 3.63) is 0 Å². The Hall–Kier alpha value is -0.0400. The highest BCUT2D eigenvalue weighted by molar-refractivity contribution is 4.73. The molecule has 1 fully saturated rings. The Morgan fingerprint density at radius 2 is 1.82 bits per heavy atom. The minimum atomic E-state index is 0.374. The summed E-state index contributed by atoms with van der Waals surface area (Å²) in [5, 5.41) is 8.95. The largest absolute Gasteiger partial charge is 0.396 e. The third-order valence-electron chi connectivity index (χ3n) is 3.15. The summed E-state index contributed by atoms with van der Waals surface area (Å²) < 4.78 is 0. The molecular formula is C10H20O. The topological polar surface area (TPSA) is 20.2 Å². The molecule has 1 nitrogen and oxygen atoms in total. The van der Waals surface area contributed by atoms with Crippen LogP contribution in [0.4, 0.5) is 0 Å². The molecule has 0 aromatic rings. The Morgan fingerprint density at radius 3 is 2.27 bits per heavy atom. The van der Waals surface area contributed by atoms with Crippen molar-refractivity contribution in [2.45, 2.75) is 39.5 Å². The molecule has 1 N–H and O–H groups in total. The second kappa shape index (κ2) is 4.10. The van der Waals surface area contributed by atoms with Crippen LogP contribution < -0.4 is 0 Å². The fraction of sp³-hybridized carbons (Fsp3) is 1.00. The SMILES string of the molecule is CC1CCC([C@@H](C)CO)CC1. The summed E-state index contributed by atoms with van der Waals surface area (Å²) in [5.74, 6) is 2.26. The van der Waals surface area contributed by atoms with Crippen LogP contribution in [0.5, 0.6) is 0 Å². The van der Waals surface area contributed by atoms with Gasteiger partial charge in [-0.05, 0) is 30.6 Å². The molecule has 0 heterocycles. The van der Waals surface area contributed by atoms with E-state index in [1.165, 1.54) is 25.7 Å². The quantitative estimate of drug-likeness (QED) is 0.651. The maximum absolute atomic E-state index is 8.95. The summed E-state index contributed by atoms with van der Waals surface area (Å²) in [6.45, 7) is 4.87. The summed E-state index contributed by atoms with van der Waals surface area (Å²) in [7, 11) is 0. The van der Waals surface area contributed by atoms with Gasteiger partial charge in [0.1, 0.15) is 0 Å². The normalized spacial score (nSPS) is 35.2. The van der Waals surface area contributed by atoms with Crippen LogP contribution in [0.1, 0.15) is 39.5 Å². The Labute approximate surface area is 69.8 Å². The summed E-state index contributed by atoms with van der Waals surface area (Å²) in [4.78, 5) is 0. The van der Waals surface area contributed by atoms with Crippen LogP contribution in [0.15, 0.2) is 0 Å². The highest BCUT2D eigenvalue weighted by atomic mass is 16.3. The minimum absolute atomic E-state index is 0.374. The van der Waals surface area contributed by atoms with Crippen LogP contribution in [-0.4, -0.2) is 11.7 Å². The minimum Gasteiger partial charge on any atom is -0.396 e. The van der Waals surface area contributed by atoms with Gasteiger partial charge in [0.15, 0.2) is 0 Å². The van der Waals surface area contributed by atoms with E-state index >= 15 is 0 Å². The Balaban J connectivity index is 2.27. The maximum Gasteiger partial charge on any atom is 0.0459 e. The van der Waals surface area contributed by atoms with Crippen molar-refractivity contribution in [2.24, 2.45) is 17.8 Å². The van der Waals surface area contributed by atoms with E-state index in [1.807, 2.05) is 0 Å². The molecule has 0 aliphatic heterocycles. The molecule has 1 aliphatic rings. The van der Waals surface area contributed by atoms with Crippen molar-refractivity contribution in [1.82, 2.24) is 0 Å². The molecule has 0 aromatic carbocycles. The summed E-state index contributed by atoms with van der Waals surface area (Å²) in [6, 6.07) is 0. The van der Waals surface area contributed by atoms with Gasteiger partial charge >= 0.3 is 0 Å². The molecule has 0 bridgehead atoms. The van der Waals surface area contributed by atoms with Gasteiger partial charge in [0.25, 0.3) is 0 Å². The van der Waals surface area contributed by atoms with Crippen molar-refractivity contribution < 1.29 is 5.11 Å². The van der Waals surface area contributed by atoms with Crippen LogP contribution in [0, 0.1) is 17.8 Å². The average Bonchev–Trinajstić information content (AvgIpc) is 2.05. The fourth-order valence-corrected chi connectivity index (χ4v) is 2.00. The van der Waals surface area contributed by atoms with Crippen molar-refractivity contribution in [3.8, 4) is 0 Å². The molecule has 0 aromatic heterocycles. The average molecular weight is 156 g/mol. The molecule has 1 atom stereocenters. The van der Waals surface area contributed by atoms with Crippen LogP contribution >= 0.6 is 0 Å². The number of hydrogen-bond donors (Lipinski definition) is 1. The zero-order valence-corrected chi connectivity index (χ0v) is 7.71. The van der Waals surface area contributed by atoms with E-state index in [9.17, 15) is 0 Å². The van der Waals surface area contributed by atoms with Crippen LogP contribution in [0.3, 0.4) is 0 Å². The van der Waals surface area contributed by atoms with Gasteiger partial charge in [-0.3, -0.25) is 0 Å². The number of aliphatic hydroxyl groups is 1. The maximum atomic E-state index is 8.95. The van der Waals surface area contributed by atoms with Crippen LogP contribution in [0.25, 0.3) is 0 Å². The molecule has 11 heavy (non-hydrogen) atoms. The van der Waals surface area contributed by atoms with E-state index in [1.54, 1.807) is 0 Å². The zero-order chi connectivity index (χ0) is 8.27. The second-order valence-corrected chi connectivity index (χ2v) is 4.18. The summed E-state index contributed by atoms with van der Waals surface area (Å²) in [5.41, 5.74) is 0. The van der Waals surface area contributed by atoms with E-state index in [2.05, 4.69) is 13.8 Å². The number of aliphatic hydroxyl groups excluding tert-OH is 1. The standard InChI is InChI=1S/C10H20O/c1-8-3-5-10(6-4-8)9(2)7-11/h8-11H,3-7H2,1-2H3/t8?,9-,10?/m0/s1. The summed E-state index contributed by atoms with van der Waals surface area (Å²) >= 11 is 0.